The summed E-state index contributed by atoms with van der Waals surface area (Å²) in [5, 5.41) is 10.1. The highest BCUT2D eigenvalue weighted by Crippen LogP contribution is 2.38. The molecule has 0 aliphatic carbocycles. The van der Waals surface area contributed by atoms with Crippen LogP contribution in [0.3, 0.4) is 0 Å². The van der Waals surface area contributed by atoms with Crippen molar-refractivity contribution in [1.29, 1.82) is 0 Å². The summed E-state index contributed by atoms with van der Waals surface area (Å²) in [7, 11) is 4.69. The van der Waals surface area contributed by atoms with Crippen LogP contribution in [0.5, 0.6) is 17.2 Å². The molecule has 9 heteroatoms. The van der Waals surface area contributed by atoms with E-state index in [1.165, 1.54) is 0 Å². The van der Waals surface area contributed by atoms with Crippen molar-refractivity contribution in [2.75, 3.05) is 52.4 Å². The standard InChI is InChI=1S/C19H24N4O4S/c1-13-20-21-19(28-13)23-9-7-22(8-10-23)17(24)6-5-14-11-15(25-2)18(27-4)16(12-14)26-3/h5-6,11-12H,7-10H2,1-4H3/b6-5+. The maximum atomic E-state index is 12.6. The number of amides is 1. The first-order valence-corrected chi connectivity index (χ1v) is 9.69. The normalized spacial score (nSPS) is 14.4. The molecular formula is C19H24N4O4S. The molecule has 1 fully saturated rings. The summed E-state index contributed by atoms with van der Waals surface area (Å²) < 4.78 is 16.0. The lowest BCUT2D eigenvalue weighted by molar-refractivity contribution is -0.126. The van der Waals surface area contributed by atoms with Gasteiger partial charge in [-0.25, -0.2) is 0 Å². The van der Waals surface area contributed by atoms with E-state index in [1.54, 1.807) is 57.0 Å². The number of piperazine rings is 1. The number of hydrogen-bond acceptors (Lipinski definition) is 8. The van der Waals surface area contributed by atoms with Crippen LogP contribution in [0.2, 0.25) is 0 Å². The number of carbonyl (C=O) groups excluding carboxylic acids is 1. The van der Waals surface area contributed by atoms with Gasteiger partial charge in [0.05, 0.1) is 21.3 Å². The maximum absolute atomic E-state index is 12.6. The van der Waals surface area contributed by atoms with Crippen LogP contribution >= 0.6 is 11.3 Å². The molecule has 1 aromatic heterocycles. The zero-order valence-electron chi connectivity index (χ0n) is 16.5. The van der Waals surface area contributed by atoms with Gasteiger partial charge in [0.25, 0.3) is 0 Å². The topological polar surface area (TPSA) is 77.0 Å². The van der Waals surface area contributed by atoms with Gasteiger partial charge >= 0.3 is 0 Å². The number of methoxy groups -OCH3 is 3. The highest BCUT2D eigenvalue weighted by molar-refractivity contribution is 7.15. The van der Waals surface area contributed by atoms with E-state index in [2.05, 4.69) is 15.1 Å². The van der Waals surface area contributed by atoms with Crippen LogP contribution in [-0.2, 0) is 4.79 Å². The molecule has 2 aromatic rings. The van der Waals surface area contributed by atoms with E-state index in [4.69, 9.17) is 14.2 Å². The molecule has 1 saturated heterocycles. The predicted octanol–water partition coefficient (Wildman–Crippen LogP) is 2.23. The van der Waals surface area contributed by atoms with Gasteiger partial charge in [0.1, 0.15) is 5.01 Å². The van der Waals surface area contributed by atoms with Gasteiger partial charge in [-0.05, 0) is 30.7 Å². The second-order valence-corrected chi connectivity index (χ2v) is 7.37. The molecule has 150 valence electrons. The number of ether oxygens (including phenoxy) is 3. The van der Waals surface area contributed by atoms with Gasteiger partial charge in [-0.1, -0.05) is 11.3 Å². The van der Waals surface area contributed by atoms with E-state index >= 15 is 0 Å². The average Bonchev–Trinajstić information content (AvgIpc) is 3.17. The number of rotatable bonds is 6. The quantitative estimate of drug-likeness (QED) is 0.683. The molecule has 0 radical (unpaired) electrons. The number of aryl methyl sites for hydroxylation is 1. The molecule has 1 aliphatic heterocycles. The van der Waals surface area contributed by atoms with E-state index in [1.807, 2.05) is 11.8 Å². The van der Waals surface area contributed by atoms with Crippen molar-refractivity contribution in [2.24, 2.45) is 0 Å². The summed E-state index contributed by atoms with van der Waals surface area (Å²) in [6.07, 6.45) is 3.33. The fourth-order valence-corrected chi connectivity index (χ4v) is 3.74. The van der Waals surface area contributed by atoms with Gasteiger partial charge < -0.3 is 24.0 Å². The van der Waals surface area contributed by atoms with Gasteiger partial charge in [-0.15, -0.1) is 10.2 Å². The SMILES string of the molecule is COc1cc(/C=C/C(=O)N2CCN(c3nnc(C)s3)CC2)cc(OC)c1OC. The first-order valence-electron chi connectivity index (χ1n) is 8.87. The summed E-state index contributed by atoms with van der Waals surface area (Å²) in [6, 6.07) is 3.61. The number of aromatic nitrogens is 2. The molecule has 1 aliphatic rings. The number of nitrogens with zero attached hydrogens (tertiary/aromatic N) is 4. The highest BCUT2D eigenvalue weighted by atomic mass is 32.1. The molecule has 0 saturated carbocycles. The Hall–Kier alpha value is -2.81. The molecule has 0 atom stereocenters. The average molecular weight is 404 g/mol. The van der Waals surface area contributed by atoms with Crippen molar-refractivity contribution >= 4 is 28.5 Å². The van der Waals surface area contributed by atoms with Crippen LogP contribution in [0.15, 0.2) is 18.2 Å². The molecular weight excluding hydrogens is 380 g/mol. The lowest BCUT2D eigenvalue weighted by atomic mass is 10.1. The Morgan fingerprint density at radius 1 is 1.04 bits per heavy atom. The van der Waals surface area contributed by atoms with Crippen molar-refractivity contribution in [3.8, 4) is 17.2 Å². The van der Waals surface area contributed by atoms with Crippen LogP contribution in [0.4, 0.5) is 5.13 Å². The predicted molar refractivity (Wildman–Crippen MR) is 109 cm³/mol. The molecule has 2 heterocycles. The minimum Gasteiger partial charge on any atom is -0.493 e. The van der Waals surface area contributed by atoms with Crippen molar-refractivity contribution in [2.45, 2.75) is 6.92 Å². The Balaban J connectivity index is 1.64. The molecule has 0 N–H and O–H groups in total. The highest BCUT2D eigenvalue weighted by Gasteiger charge is 2.22. The summed E-state index contributed by atoms with van der Waals surface area (Å²) in [4.78, 5) is 16.6. The van der Waals surface area contributed by atoms with Gasteiger partial charge in [0, 0.05) is 32.3 Å². The lowest BCUT2D eigenvalue weighted by Gasteiger charge is -2.33. The van der Waals surface area contributed by atoms with Gasteiger partial charge in [-0.3, -0.25) is 4.79 Å². The maximum Gasteiger partial charge on any atom is 0.246 e. The zero-order chi connectivity index (χ0) is 20.1. The van der Waals surface area contributed by atoms with E-state index in [0.717, 1.165) is 28.8 Å². The summed E-state index contributed by atoms with van der Waals surface area (Å²) >= 11 is 1.57. The van der Waals surface area contributed by atoms with E-state index in [9.17, 15) is 4.79 Å². The zero-order valence-corrected chi connectivity index (χ0v) is 17.3. The number of anilines is 1. The van der Waals surface area contributed by atoms with E-state index < -0.39 is 0 Å². The number of hydrogen-bond donors (Lipinski definition) is 0. The first kappa shape index (κ1) is 19.9. The van der Waals surface area contributed by atoms with E-state index in [0.29, 0.717) is 30.3 Å². The van der Waals surface area contributed by atoms with Crippen molar-refractivity contribution in [1.82, 2.24) is 15.1 Å². The molecule has 1 amide bonds. The summed E-state index contributed by atoms with van der Waals surface area (Å²) in [5.41, 5.74) is 0.797. The van der Waals surface area contributed by atoms with Crippen LogP contribution in [0.1, 0.15) is 10.6 Å². The Morgan fingerprint density at radius 2 is 1.68 bits per heavy atom. The lowest BCUT2D eigenvalue weighted by Crippen LogP contribution is -2.48. The third-order valence-electron chi connectivity index (χ3n) is 4.48. The fraction of sp³-hybridized carbons (Fsp3) is 0.421. The van der Waals surface area contributed by atoms with Gasteiger partial charge in [0.2, 0.25) is 16.8 Å². The Labute approximate surface area is 168 Å². The molecule has 1 aromatic carbocycles. The Kier molecular flexibility index (Phi) is 6.35. The minimum absolute atomic E-state index is 0.0261. The molecule has 0 unspecified atom stereocenters. The molecule has 8 nitrogen and oxygen atoms in total. The summed E-state index contributed by atoms with van der Waals surface area (Å²) in [6.45, 7) is 4.74. The Bertz CT molecular complexity index is 834. The van der Waals surface area contributed by atoms with Gasteiger partial charge in [0.15, 0.2) is 11.5 Å². The Morgan fingerprint density at radius 3 is 2.18 bits per heavy atom. The summed E-state index contributed by atoms with van der Waals surface area (Å²) in [5.74, 6) is 1.60. The van der Waals surface area contributed by atoms with Crippen molar-refractivity contribution < 1.29 is 19.0 Å². The number of benzene rings is 1. The minimum atomic E-state index is -0.0261. The second-order valence-electron chi connectivity index (χ2n) is 6.21. The monoisotopic (exact) mass is 404 g/mol. The second kappa shape index (κ2) is 8.92. The molecule has 0 spiro atoms. The van der Waals surface area contributed by atoms with Crippen LogP contribution in [-0.4, -0.2) is 68.5 Å². The van der Waals surface area contributed by atoms with Gasteiger partial charge in [-0.2, -0.15) is 0 Å². The molecule has 0 bridgehead atoms. The molecule has 3 rings (SSSR count). The fourth-order valence-electron chi connectivity index (χ4n) is 3.00. The third kappa shape index (κ3) is 4.36. The third-order valence-corrected chi connectivity index (χ3v) is 5.38. The smallest absolute Gasteiger partial charge is 0.246 e. The van der Waals surface area contributed by atoms with E-state index in [-0.39, 0.29) is 5.91 Å². The van der Waals surface area contributed by atoms with Crippen LogP contribution in [0, 0.1) is 6.92 Å². The first-order chi connectivity index (χ1) is 13.5. The number of carbonyl (C=O) groups is 1. The molecule has 28 heavy (non-hydrogen) atoms. The van der Waals surface area contributed by atoms with Crippen molar-refractivity contribution in [3.05, 3.63) is 28.8 Å². The largest absolute Gasteiger partial charge is 0.493 e. The van der Waals surface area contributed by atoms with Crippen molar-refractivity contribution in [3.63, 3.8) is 0 Å². The van der Waals surface area contributed by atoms with Crippen LogP contribution in [0.25, 0.3) is 6.08 Å². The van der Waals surface area contributed by atoms with Crippen LogP contribution < -0.4 is 19.1 Å².